The Labute approximate surface area is 120 Å². The Morgan fingerprint density at radius 2 is 2.25 bits per heavy atom. The van der Waals surface area contributed by atoms with Gasteiger partial charge >= 0.3 is 5.97 Å². The monoisotopic (exact) mass is 277 g/mol. The van der Waals surface area contributed by atoms with Crippen LogP contribution in [0.1, 0.15) is 37.8 Å². The highest BCUT2D eigenvalue weighted by atomic mass is 16.5. The van der Waals surface area contributed by atoms with E-state index >= 15 is 0 Å². The Morgan fingerprint density at radius 3 is 2.95 bits per heavy atom. The molecule has 1 aliphatic rings. The van der Waals surface area contributed by atoms with Crippen molar-refractivity contribution in [3.05, 3.63) is 29.8 Å². The van der Waals surface area contributed by atoms with E-state index < -0.39 is 5.97 Å². The van der Waals surface area contributed by atoms with Crippen molar-refractivity contribution in [3.8, 4) is 5.75 Å². The van der Waals surface area contributed by atoms with Crippen molar-refractivity contribution in [2.24, 2.45) is 5.92 Å². The summed E-state index contributed by atoms with van der Waals surface area (Å²) >= 11 is 0. The first-order valence-corrected chi connectivity index (χ1v) is 7.20. The number of nitrogens with zero attached hydrogens (tertiary/aromatic N) is 1. The van der Waals surface area contributed by atoms with Crippen molar-refractivity contribution in [2.75, 3.05) is 20.2 Å². The van der Waals surface area contributed by atoms with Gasteiger partial charge in [0.05, 0.1) is 7.11 Å². The molecule has 0 aliphatic carbocycles. The van der Waals surface area contributed by atoms with Gasteiger partial charge in [0.15, 0.2) is 0 Å². The maximum Gasteiger partial charge on any atom is 0.303 e. The van der Waals surface area contributed by atoms with Crippen LogP contribution in [0, 0.1) is 5.92 Å². The average Bonchev–Trinajstić information content (AvgIpc) is 2.93. The largest absolute Gasteiger partial charge is 0.496 e. The lowest BCUT2D eigenvalue weighted by molar-refractivity contribution is -0.137. The first-order chi connectivity index (χ1) is 9.61. The predicted molar refractivity (Wildman–Crippen MR) is 78.0 cm³/mol. The number of hydrogen-bond acceptors (Lipinski definition) is 3. The number of carboxylic acid groups (broad SMARTS) is 1. The van der Waals surface area contributed by atoms with Gasteiger partial charge in [0.25, 0.3) is 0 Å². The number of methoxy groups -OCH3 is 1. The summed E-state index contributed by atoms with van der Waals surface area (Å²) in [5.41, 5.74) is 1.20. The van der Waals surface area contributed by atoms with E-state index in [1.54, 1.807) is 7.11 Å². The highest BCUT2D eigenvalue weighted by molar-refractivity contribution is 5.66. The topological polar surface area (TPSA) is 49.8 Å². The summed E-state index contributed by atoms with van der Waals surface area (Å²) in [6.07, 6.45) is 2.15. The van der Waals surface area contributed by atoms with Gasteiger partial charge in [-0.25, -0.2) is 0 Å². The lowest BCUT2D eigenvalue weighted by Crippen LogP contribution is -2.25. The Balaban J connectivity index is 1.97. The van der Waals surface area contributed by atoms with E-state index in [1.807, 2.05) is 18.2 Å². The summed E-state index contributed by atoms with van der Waals surface area (Å²) < 4.78 is 5.43. The number of carbonyl (C=O) groups is 1. The third-order valence-corrected chi connectivity index (χ3v) is 4.22. The second kappa shape index (κ2) is 6.75. The SMILES string of the molecule is COc1ccccc1C(C)N1CCC(CCC(=O)O)C1. The summed E-state index contributed by atoms with van der Waals surface area (Å²) in [6.45, 7) is 4.20. The molecule has 4 nitrogen and oxygen atoms in total. The molecule has 1 aromatic rings. The molecule has 1 aromatic carbocycles. The minimum atomic E-state index is -0.693. The molecule has 20 heavy (non-hydrogen) atoms. The van der Waals surface area contributed by atoms with Gasteiger partial charge in [0.1, 0.15) is 5.75 Å². The van der Waals surface area contributed by atoms with Gasteiger partial charge in [-0.2, -0.15) is 0 Å². The van der Waals surface area contributed by atoms with Gasteiger partial charge in [-0.05, 0) is 38.3 Å². The van der Waals surface area contributed by atoms with E-state index in [1.165, 1.54) is 5.56 Å². The minimum absolute atomic E-state index is 0.279. The van der Waals surface area contributed by atoms with Crippen LogP contribution in [0.3, 0.4) is 0 Å². The fraction of sp³-hybridized carbons (Fsp3) is 0.562. The number of aliphatic carboxylic acids is 1. The summed E-state index contributed by atoms with van der Waals surface area (Å²) in [5.74, 6) is 0.735. The second-order valence-corrected chi connectivity index (χ2v) is 5.50. The maximum absolute atomic E-state index is 10.6. The van der Waals surface area contributed by atoms with Gasteiger partial charge < -0.3 is 9.84 Å². The molecule has 0 saturated carbocycles. The third-order valence-electron chi connectivity index (χ3n) is 4.22. The Bertz CT molecular complexity index is 461. The van der Waals surface area contributed by atoms with E-state index in [4.69, 9.17) is 9.84 Å². The van der Waals surface area contributed by atoms with E-state index in [2.05, 4.69) is 17.9 Å². The van der Waals surface area contributed by atoms with Crippen LogP contribution in [0.5, 0.6) is 5.75 Å². The predicted octanol–water partition coefficient (Wildman–Crippen LogP) is 2.94. The van der Waals surface area contributed by atoms with Gasteiger partial charge in [-0.15, -0.1) is 0 Å². The van der Waals surface area contributed by atoms with Crippen molar-refractivity contribution in [3.63, 3.8) is 0 Å². The molecule has 1 N–H and O–H groups in total. The van der Waals surface area contributed by atoms with E-state index in [0.717, 1.165) is 31.7 Å². The zero-order valence-corrected chi connectivity index (χ0v) is 12.2. The van der Waals surface area contributed by atoms with Crippen LogP contribution in [0.25, 0.3) is 0 Å². The summed E-state index contributed by atoms with van der Waals surface area (Å²) in [4.78, 5) is 13.1. The molecule has 0 bridgehead atoms. The number of ether oxygens (including phenoxy) is 1. The van der Waals surface area contributed by atoms with Crippen LogP contribution in [0.4, 0.5) is 0 Å². The molecule has 110 valence electrons. The molecule has 1 fully saturated rings. The normalized spacial score (nSPS) is 20.8. The molecule has 4 heteroatoms. The molecule has 0 aromatic heterocycles. The van der Waals surface area contributed by atoms with Gasteiger partial charge in [-0.3, -0.25) is 9.69 Å². The molecule has 1 aliphatic heterocycles. The lowest BCUT2D eigenvalue weighted by atomic mass is 10.0. The molecular weight excluding hydrogens is 254 g/mol. The molecule has 1 saturated heterocycles. The Hall–Kier alpha value is -1.55. The number of carboxylic acids is 1. The Morgan fingerprint density at radius 1 is 1.50 bits per heavy atom. The third kappa shape index (κ3) is 3.51. The van der Waals surface area contributed by atoms with Crippen molar-refractivity contribution in [1.82, 2.24) is 4.90 Å². The van der Waals surface area contributed by atoms with Crippen LogP contribution in [-0.4, -0.2) is 36.2 Å². The first-order valence-electron chi connectivity index (χ1n) is 7.20. The van der Waals surface area contributed by atoms with Crippen LogP contribution < -0.4 is 4.74 Å². The molecule has 0 amide bonds. The number of hydrogen-bond donors (Lipinski definition) is 1. The first kappa shape index (κ1) is 14.9. The number of para-hydroxylation sites is 1. The zero-order chi connectivity index (χ0) is 14.5. The van der Waals surface area contributed by atoms with Crippen molar-refractivity contribution < 1.29 is 14.6 Å². The van der Waals surface area contributed by atoms with Crippen molar-refractivity contribution in [2.45, 2.75) is 32.2 Å². The summed E-state index contributed by atoms with van der Waals surface area (Å²) in [6, 6.07) is 8.42. The fourth-order valence-electron chi connectivity index (χ4n) is 2.99. The molecular formula is C16H23NO3. The molecule has 0 spiro atoms. The van der Waals surface area contributed by atoms with Gasteiger partial charge in [0, 0.05) is 24.6 Å². The summed E-state index contributed by atoms with van der Waals surface area (Å²) in [7, 11) is 1.70. The van der Waals surface area contributed by atoms with Crippen LogP contribution in [0.2, 0.25) is 0 Å². The molecule has 1 heterocycles. The number of benzene rings is 1. The van der Waals surface area contributed by atoms with Crippen LogP contribution in [-0.2, 0) is 4.79 Å². The van der Waals surface area contributed by atoms with Gasteiger partial charge in [-0.1, -0.05) is 18.2 Å². The van der Waals surface area contributed by atoms with Gasteiger partial charge in [0.2, 0.25) is 0 Å². The minimum Gasteiger partial charge on any atom is -0.496 e. The zero-order valence-electron chi connectivity index (χ0n) is 12.2. The van der Waals surface area contributed by atoms with E-state index in [0.29, 0.717) is 12.0 Å². The molecule has 2 rings (SSSR count). The number of likely N-dealkylation sites (tertiary alicyclic amines) is 1. The lowest BCUT2D eigenvalue weighted by Gasteiger charge is -2.26. The average molecular weight is 277 g/mol. The van der Waals surface area contributed by atoms with Crippen LogP contribution in [0.15, 0.2) is 24.3 Å². The molecule has 0 radical (unpaired) electrons. The number of rotatable bonds is 6. The highest BCUT2D eigenvalue weighted by Gasteiger charge is 2.28. The smallest absolute Gasteiger partial charge is 0.303 e. The standard InChI is InChI=1S/C16H23NO3/c1-12(14-5-3-4-6-15(14)20-2)17-10-9-13(11-17)7-8-16(18)19/h3-6,12-13H,7-11H2,1-2H3,(H,18,19). The molecule has 2 atom stereocenters. The van der Waals surface area contributed by atoms with E-state index in [-0.39, 0.29) is 6.42 Å². The summed E-state index contributed by atoms with van der Waals surface area (Å²) in [5, 5.41) is 8.77. The Kier molecular flexibility index (Phi) is 5.01. The molecule has 2 unspecified atom stereocenters. The quantitative estimate of drug-likeness (QED) is 0.868. The van der Waals surface area contributed by atoms with E-state index in [9.17, 15) is 4.79 Å². The van der Waals surface area contributed by atoms with Crippen molar-refractivity contribution in [1.29, 1.82) is 0 Å². The van der Waals surface area contributed by atoms with Crippen molar-refractivity contribution >= 4 is 5.97 Å². The second-order valence-electron chi connectivity index (χ2n) is 5.50. The van der Waals surface area contributed by atoms with Crippen LogP contribution >= 0.6 is 0 Å². The maximum atomic E-state index is 10.6. The highest BCUT2D eigenvalue weighted by Crippen LogP contribution is 2.33. The fourth-order valence-corrected chi connectivity index (χ4v) is 2.99.